The van der Waals surface area contributed by atoms with Crippen LogP contribution in [-0.4, -0.2) is 33.1 Å². The number of hydrogen-bond acceptors (Lipinski definition) is 6. The van der Waals surface area contributed by atoms with Crippen molar-refractivity contribution in [2.75, 3.05) is 6.61 Å². The number of carbonyl (C=O) groups is 1. The molecule has 2 rings (SSSR count). The summed E-state index contributed by atoms with van der Waals surface area (Å²) in [5, 5.41) is 7.62. The van der Waals surface area contributed by atoms with E-state index in [1.54, 1.807) is 45.0 Å². The zero-order valence-corrected chi connectivity index (χ0v) is 14.9. The lowest BCUT2D eigenvalue weighted by molar-refractivity contribution is -0.142. The average Bonchev–Trinajstić information content (AvgIpc) is 3.13. The molecule has 1 heterocycles. The zero-order chi connectivity index (χ0) is 19.2. The molecule has 8 heteroatoms. The summed E-state index contributed by atoms with van der Waals surface area (Å²) in [6.45, 7) is 8.94. The number of rotatable bonds is 7. The van der Waals surface area contributed by atoms with Crippen LogP contribution >= 0.6 is 0 Å². The van der Waals surface area contributed by atoms with E-state index in [1.165, 1.54) is 18.7 Å². The molecule has 1 aromatic carbocycles. The van der Waals surface area contributed by atoms with E-state index in [-0.39, 0.29) is 18.3 Å². The Balaban J connectivity index is 2.23. The van der Waals surface area contributed by atoms with E-state index in [0.717, 1.165) is 4.68 Å². The first-order valence-corrected chi connectivity index (χ1v) is 7.94. The summed E-state index contributed by atoms with van der Waals surface area (Å²) in [4.78, 5) is 20.7. The summed E-state index contributed by atoms with van der Waals surface area (Å²) >= 11 is 0. The highest BCUT2D eigenvalue weighted by Crippen LogP contribution is 2.22. The van der Waals surface area contributed by atoms with Gasteiger partial charge in [0.25, 0.3) is 0 Å². The maximum Gasteiger partial charge on any atom is 0.316 e. The molecule has 1 unspecified atom stereocenters. The van der Waals surface area contributed by atoms with E-state index in [0.29, 0.717) is 11.3 Å². The minimum atomic E-state index is -1.69. The van der Waals surface area contributed by atoms with Gasteiger partial charge in [0.1, 0.15) is 30.7 Å². The van der Waals surface area contributed by atoms with E-state index in [9.17, 15) is 9.18 Å². The van der Waals surface area contributed by atoms with Crippen LogP contribution in [0.5, 0.6) is 5.75 Å². The third kappa shape index (κ3) is 4.98. The molecule has 0 aliphatic carbocycles. The van der Waals surface area contributed by atoms with E-state index >= 15 is 0 Å². The molecule has 1 atom stereocenters. The molecule has 0 bridgehead atoms. The van der Waals surface area contributed by atoms with Crippen LogP contribution < -0.4 is 4.74 Å². The van der Waals surface area contributed by atoms with Gasteiger partial charge in [0.15, 0.2) is 0 Å². The predicted octanol–water partition coefficient (Wildman–Crippen LogP) is 3.30. The quantitative estimate of drug-likeness (QED) is 0.189. The Bertz CT molecular complexity index is 765. The number of benzene rings is 1. The monoisotopic (exact) mass is 360 g/mol. The topological polar surface area (TPSA) is 78.6 Å². The van der Waals surface area contributed by atoms with Crippen LogP contribution in [0.1, 0.15) is 32.6 Å². The molecule has 0 aliphatic heterocycles. The maximum absolute atomic E-state index is 14.8. The Kier molecular flexibility index (Phi) is 6.21. The first kappa shape index (κ1) is 19.3. The third-order valence-corrected chi connectivity index (χ3v) is 3.22. The van der Waals surface area contributed by atoms with Gasteiger partial charge in [-0.2, -0.15) is 5.10 Å². The summed E-state index contributed by atoms with van der Waals surface area (Å²) in [6.07, 6.45) is 2.28. The number of oxime groups is 1. The molecule has 0 saturated carbocycles. The van der Waals surface area contributed by atoms with Crippen LogP contribution in [0.3, 0.4) is 0 Å². The van der Waals surface area contributed by atoms with Gasteiger partial charge in [0, 0.05) is 5.56 Å². The number of esters is 1. The molecule has 0 spiro atoms. The number of hydrogen-bond donors (Lipinski definition) is 0. The van der Waals surface area contributed by atoms with Crippen LogP contribution in [0.2, 0.25) is 0 Å². The van der Waals surface area contributed by atoms with Crippen molar-refractivity contribution < 1.29 is 18.8 Å². The number of carbonyl (C=O) groups excluding carboxylic acids is 1. The molecular weight excluding hydrogens is 339 g/mol. The smallest absolute Gasteiger partial charge is 0.316 e. The maximum atomic E-state index is 14.8. The molecule has 0 fully saturated rings. The lowest BCUT2D eigenvalue weighted by Gasteiger charge is -2.16. The molecule has 0 amide bonds. The van der Waals surface area contributed by atoms with Crippen molar-refractivity contribution >= 4 is 11.7 Å². The van der Waals surface area contributed by atoms with Crippen LogP contribution in [-0.2, 0) is 9.63 Å². The minimum Gasteiger partial charge on any atom is -0.426 e. The third-order valence-electron chi connectivity index (χ3n) is 3.22. The number of nitrogens with zero attached hydrogens (tertiary/aromatic N) is 4. The SMILES string of the molecule is C=CCON=C(c1ccc(OC(=O)C(C)(C)C)cc1)C(F)n1cncn1. The van der Waals surface area contributed by atoms with Crippen LogP contribution in [0.15, 0.2) is 54.7 Å². The molecule has 2 aromatic rings. The van der Waals surface area contributed by atoms with Crippen molar-refractivity contribution in [3.05, 3.63) is 55.1 Å². The van der Waals surface area contributed by atoms with Crippen molar-refractivity contribution in [2.24, 2.45) is 10.6 Å². The Morgan fingerprint density at radius 3 is 2.62 bits per heavy atom. The molecule has 0 radical (unpaired) electrons. The number of halogens is 1. The highest BCUT2D eigenvalue weighted by molar-refractivity contribution is 6.02. The Morgan fingerprint density at radius 1 is 1.38 bits per heavy atom. The van der Waals surface area contributed by atoms with Crippen LogP contribution in [0, 0.1) is 5.41 Å². The minimum absolute atomic E-state index is 0.00560. The van der Waals surface area contributed by atoms with Crippen LogP contribution in [0.25, 0.3) is 0 Å². The molecule has 138 valence electrons. The van der Waals surface area contributed by atoms with Crippen molar-refractivity contribution in [3.8, 4) is 5.75 Å². The van der Waals surface area contributed by atoms with Gasteiger partial charge in [-0.1, -0.05) is 17.8 Å². The fourth-order valence-corrected chi connectivity index (χ4v) is 1.81. The standard InChI is InChI=1S/C18H21FN4O3/c1-5-10-25-22-15(16(19)23-12-20-11-21-23)13-6-8-14(9-7-13)26-17(24)18(2,3)4/h5-9,11-12,16H,1,10H2,2-4H3. The number of ether oxygens (including phenoxy) is 1. The first-order chi connectivity index (χ1) is 12.3. The van der Waals surface area contributed by atoms with E-state index < -0.39 is 11.7 Å². The molecule has 0 saturated heterocycles. The van der Waals surface area contributed by atoms with Gasteiger partial charge in [-0.05, 0) is 45.0 Å². The van der Waals surface area contributed by atoms with Gasteiger partial charge >= 0.3 is 5.97 Å². The van der Waals surface area contributed by atoms with Crippen LogP contribution in [0.4, 0.5) is 4.39 Å². The van der Waals surface area contributed by atoms with Gasteiger partial charge in [0.05, 0.1) is 5.41 Å². The first-order valence-electron chi connectivity index (χ1n) is 7.94. The molecule has 0 N–H and O–H groups in total. The normalized spacial score (nSPS) is 13.2. The molecule has 7 nitrogen and oxygen atoms in total. The Hall–Kier alpha value is -3.03. The summed E-state index contributed by atoms with van der Waals surface area (Å²) in [7, 11) is 0. The van der Waals surface area contributed by atoms with Gasteiger partial charge in [-0.25, -0.2) is 14.1 Å². The Morgan fingerprint density at radius 2 is 2.08 bits per heavy atom. The van der Waals surface area contributed by atoms with Crippen molar-refractivity contribution in [1.29, 1.82) is 0 Å². The zero-order valence-electron chi connectivity index (χ0n) is 14.9. The Labute approximate surface area is 151 Å². The second kappa shape index (κ2) is 8.37. The fourth-order valence-electron chi connectivity index (χ4n) is 1.81. The highest BCUT2D eigenvalue weighted by atomic mass is 19.1. The molecule has 26 heavy (non-hydrogen) atoms. The lowest BCUT2D eigenvalue weighted by Crippen LogP contribution is -2.25. The van der Waals surface area contributed by atoms with E-state index in [2.05, 4.69) is 21.8 Å². The average molecular weight is 360 g/mol. The fraction of sp³-hybridized carbons (Fsp3) is 0.333. The molecular formula is C18H21FN4O3. The second-order valence-corrected chi connectivity index (χ2v) is 6.44. The number of alkyl halides is 1. The summed E-state index contributed by atoms with van der Waals surface area (Å²) in [5.74, 6) is -0.00404. The van der Waals surface area contributed by atoms with Gasteiger partial charge in [0.2, 0.25) is 6.30 Å². The van der Waals surface area contributed by atoms with E-state index in [4.69, 9.17) is 9.57 Å². The molecule has 1 aromatic heterocycles. The van der Waals surface area contributed by atoms with Gasteiger partial charge in [-0.3, -0.25) is 4.79 Å². The predicted molar refractivity (Wildman–Crippen MR) is 94.4 cm³/mol. The van der Waals surface area contributed by atoms with Gasteiger partial charge in [-0.15, -0.1) is 0 Å². The van der Waals surface area contributed by atoms with Crippen molar-refractivity contribution in [3.63, 3.8) is 0 Å². The second-order valence-electron chi connectivity index (χ2n) is 6.44. The summed E-state index contributed by atoms with van der Waals surface area (Å²) in [6, 6.07) is 6.31. The molecule has 0 aliphatic rings. The highest BCUT2D eigenvalue weighted by Gasteiger charge is 2.24. The van der Waals surface area contributed by atoms with Crippen molar-refractivity contribution in [2.45, 2.75) is 27.1 Å². The summed E-state index contributed by atoms with van der Waals surface area (Å²) in [5.41, 5.74) is -0.167. The summed E-state index contributed by atoms with van der Waals surface area (Å²) < 4.78 is 21.1. The van der Waals surface area contributed by atoms with Gasteiger partial charge < -0.3 is 9.57 Å². The van der Waals surface area contributed by atoms with E-state index in [1.807, 2.05) is 0 Å². The lowest BCUT2D eigenvalue weighted by atomic mass is 9.97. The number of aromatic nitrogens is 3. The van der Waals surface area contributed by atoms with Crippen molar-refractivity contribution in [1.82, 2.24) is 14.8 Å². The largest absolute Gasteiger partial charge is 0.426 e.